The number of rotatable bonds is 10. The summed E-state index contributed by atoms with van der Waals surface area (Å²) in [5, 5.41) is 10.7. The third-order valence-corrected chi connectivity index (χ3v) is 5.64. The molecule has 32 heavy (non-hydrogen) atoms. The molecular weight excluding hydrogens is 398 g/mol. The lowest BCUT2D eigenvalue weighted by molar-refractivity contribution is 0.0604. The van der Waals surface area contributed by atoms with Crippen LogP contribution < -0.4 is 4.74 Å². The number of hydrogen-bond acceptors (Lipinski definition) is 4. The molecule has 0 spiro atoms. The molecule has 0 radical (unpaired) electrons. The summed E-state index contributed by atoms with van der Waals surface area (Å²) >= 11 is 0. The number of benzene rings is 2. The summed E-state index contributed by atoms with van der Waals surface area (Å²) in [7, 11) is 0. The van der Waals surface area contributed by atoms with Crippen molar-refractivity contribution in [1.29, 1.82) is 0 Å². The van der Waals surface area contributed by atoms with Gasteiger partial charge in [-0.3, -0.25) is 4.90 Å². The molecule has 2 aromatic carbocycles. The Balaban J connectivity index is 1.60. The van der Waals surface area contributed by atoms with Gasteiger partial charge in [0, 0.05) is 13.1 Å². The van der Waals surface area contributed by atoms with E-state index in [4.69, 9.17) is 9.15 Å². The van der Waals surface area contributed by atoms with Gasteiger partial charge in [-0.15, -0.1) is 0 Å². The minimum Gasteiger partial charge on any atom is -0.491 e. The molecule has 172 valence electrons. The van der Waals surface area contributed by atoms with Crippen molar-refractivity contribution in [3.63, 3.8) is 0 Å². The zero-order chi connectivity index (χ0) is 23.1. The van der Waals surface area contributed by atoms with E-state index in [0.29, 0.717) is 19.0 Å². The van der Waals surface area contributed by atoms with Gasteiger partial charge < -0.3 is 14.3 Å². The molecule has 1 aromatic heterocycles. The molecule has 1 heterocycles. The van der Waals surface area contributed by atoms with Crippen LogP contribution in [-0.4, -0.2) is 29.3 Å². The first-order valence-electron chi connectivity index (χ1n) is 11.5. The molecule has 0 aliphatic rings. The fourth-order valence-electron chi connectivity index (χ4n) is 3.67. The fraction of sp³-hybridized carbons (Fsp3) is 0.429. The SMILES string of the molecule is CC(C)c1ccc(OCC(O)CN(Cc2ccc(C(C)(C)C)cc2)Cc2ccco2)cc1. The quantitative estimate of drug-likeness (QED) is 0.415. The van der Waals surface area contributed by atoms with Crippen LogP contribution in [0.5, 0.6) is 5.75 Å². The van der Waals surface area contributed by atoms with Gasteiger partial charge in [0.05, 0.1) is 12.8 Å². The summed E-state index contributed by atoms with van der Waals surface area (Å²) < 4.78 is 11.4. The normalized spacial score (nSPS) is 13.0. The van der Waals surface area contributed by atoms with Crippen LogP contribution in [0.1, 0.15) is 63.0 Å². The van der Waals surface area contributed by atoms with E-state index in [1.165, 1.54) is 16.7 Å². The Kier molecular flexibility index (Phi) is 8.16. The summed E-state index contributed by atoms with van der Waals surface area (Å²) in [5.41, 5.74) is 3.94. The van der Waals surface area contributed by atoms with Crippen LogP contribution in [0.25, 0.3) is 0 Å². The Morgan fingerprint density at radius 1 is 0.938 bits per heavy atom. The number of furan rings is 1. The molecule has 1 atom stereocenters. The van der Waals surface area contributed by atoms with Crippen molar-refractivity contribution in [2.24, 2.45) is 0 Å². The van der Waals surface area contributed by atoms with Gasteiger partial charge in [0.15, 0.2) is 0 Å². The van der Waals surface area contributed by atoms with Gasteiger partial charge in [-0.25, -0.2) is 0 Å². The number of nitrogens with zero attached hydrogens (tertiary/aromatic N) is 1. The van der Waals surface area contributed by atoms with Crippen molar-refractivity contribution in [3.05, 3.63) is 89.4 Å². The molecule has 0 aliphatic carbocycles. The van der Waals surface area contributed by atoms with Crippen LogP contribution in [0.2, 0.25) is 0 Å². The second-order valence-corrected chi connectivity index (χ2v) is 9.88. The van der Waals surface area contributed by atoms with Crippen LogP contribution in [0.3, 0.4) is 0 Å². The standard InChI is InChI=1S/C28H37NO3/c1-21(2)23-10-14-26(15-11-23)32-20-25(30)18-29(19-27-7-6-16-31-27)17-22-8-12-24(13-9-22)28(3,4)5/h6-16,21,25,30H,17-20H2,1-5H3. The molecule has 0 aliphatic heterocycles. The largest absolute Gasteiger partial charge is 0.491 e. The average molecular weight is 436 g/mol. The fourth-order valence-corrected chi connectivity index (χ4v) is 3.67. The Labute approximate surface area is 192 Å². The highest BCUT2D eigenvalue weighted by Gasteiger charge is 2.17. The molecule has 0 bridgehead atoms. The van der Waals surface area contributed by atoms with Crippen LogP contribution in [0, 0.1) is 0 Å². The summed E-state index contributed by atoms with van der Waals surface area (Å²) in [4.78, 5) is 2.20. The number of hydrogen-bond donors (Lipinski definition) is 1. The van der Waals surface area contributed by atoms with E-state index in [0.717, 1.165) is 18.1 Å². The minimum absolute atomic E-state index is 0.132. The van der Waals surface area contributed by atoms with Gasteiger partial charge in [-0.1, -0.05) is 71.0 Å². The maximum Gasteiger partial charge on any atom is 0.119 e. The highest BCUT2D eigenvalue weighted by molar-refractivity contribution is 5.29. The molecule has 3 aromatic rings. The molecule has 0 fully saturated rings. The summed E-state index contributed by atoms with van der Waals surface area (Å²) in [6, 6.07) is 20.7. The van der Waals surface area contributed by atoms with E-state index < -0.39 is 6.10 Å². The van der Waals surface area contributed by atoms with Crippen LogP contribution in [-0.2, 0) is 18.5 Å². The molecule has 0 saturated carbocycles. The maximum absolute atomic E-state index is 10.7. The van der Waals surface area contributed by atoms with E-state index >= 15 is 0 Å². The molecule has 1 N–H and O–H groups in total. The Bertz CT molecular complexity index is 922. The van der Waals surface area contributed by atoms with Crippen molar-refractivity contribution in [2.45, 2.75) is 65.1 Å². The first kappa shape index (κ1) is 24.1. The monoisotopic (exact) mass is 435 g/mol. The van der Waals surface area contributed by atoms with Crippen LogP contribution >= 0.6 is 0 Å². The second kappa shape index (κ2) is 10.8. The summed E-state index contributed by atoms with van der Waals surface area (Å²) in [6.45, 7) is 13.1. The van der Waals surface area contributed by atoms with Gasteiger partial charge in [-0.2, -0.15) is 0 Å². The van der Waals surface area contributed by atoms with Crippen molar-refractivity contribution in [3.8, 4) is 5.75 Å². The predicted molar refractivity (Wildman–Crippen MR) is 130 cm³/mol. The van der Waals surface area contributed by atoms with Crippen molar-refractivity contribution >= 4 is 0 Å². The molecule has 4 heteroatoms. The minimum atomic E-state index is -0.608. The lowest BCUT2D eigenvalue weighted by atomic mass is 9.87. The molecule has 1 unspecified atom stereocenters. The summed E-state index contributed by atoms with van der Waals surface area (Å²) in [6.07, 6.45) is 1.08. The Morgan fingerprint density at radius 3 is 2.19 bits per heavy atom. The third kappa shape index (κ3) is 7.25. The number of aliphatic hydroxyl groups excluding tert-OH is 1. The van der Waals surface area contributed by atoms with Gasteiger partial charge in [-0.05, 0) is 52.3 Å². The molecule has 3 rings (SSSR count). The van der Waals surface area contributed by atoms with E-state index in [2.05, 4.69) is 75.9 Å². The van der Waals surface area contributed by atoms with E-state index in [1.807, 2.05) is 24.3 Å². The summed E-state index contributed by atoms with van der Waals surface area (Å²) in [5.74, 6) is 2.15. The first-order chi connectivity index (χ1) is 15.2. The number of aliphatic hydroxyl groups is 1. The smallest absolute Gasteiger partial charge is 0.119 e. The van der Waals surface area contributed by atoms with Crippen molar-refractivity contribution < 1.29 is 14.3 Å². The van der Waals surface area contributed by atoms with Gasteiger partial charge in [0.2, 0.25) is 0 Å². The van der Waals surface area contributed by atoms with Gasteiger partial charge in [0.1, 0.15) is 24.2 Å². The van der Waals surface area contributed by atoms with Crippen molar-refractivity contribution in [1.82, 2.24) is 4.90 Å². The van der Waals surface area contributed by atoms with Crippen LogP contribution in [0.4, 0.5) is 0 Å². The van der Waals surface area contributed by atoms with Crippen molar-refractivity contribution in [2.75, 3.05) is 13.2 Å². The lowest BCUT2D eigenvalue weighted by Crippen LogP contribution is -2.35. The molecular formula is C28H37NO3. The Hall–Kier alpha value is -2.56. The van der Waals surface area contributed by atoms with Gasteiger partial charge in [0.25, 0.3) is 0 Å². The van der Waals surface area contributed by atoms with E-state index in [1.54, 1.807) is 6.26 Å². The third-order valence-electron chi connectivity index (χ3n) is 5.64. The molecule has 4 nitrogen and oxygen atoms in total. The van der Waals surface area contributed by atoms with Gasteiger partial charge >= 0.3 is 0 Å². The van der Waals surface area contributed by atoms with E-state index in [9.17, 15) is 5.11 Å². The average Bonchev–Trinajstić information content (AvgIpc) is 3.25. The molecule has 0 amide bonds. The molecule has 0 saturated heterocycles. The predicted octanol–water partition coefficient (Wildman–Crippen LogP) is 6.14. The van der Waals surface area contributed by atoms with Crippen LogP contribution in [0.15, 0.2) is 71.3 Å². The lowest BCUT2D eigenvalue weighted by Gasteiger charge is -2.25. The zero-order valence-electron chi connectivity index (χ0n) is 20.0. The maximum atomic E-state index is 10.7. The number of ether oxygens (including phenoxy) is 1. The zero-order valence-corrected chi connectivity index (χ0v) is 20.0. The van der Waals surface area contributed by atoms with E-state index in [-0.39, 0.29) is 12.0 Å². The Morgan fingerprint density at radius 2 is 1.62 bits per heavy atom. The second-order valence-electron chi connectivity index (χ2n) is 9.88. The highest BCUT2D eigenvalue weighted by atomic mass is 16.5. The first-order valence-corrected chi connectivity index (χ1v) is 11.5. The topological polar surface area (TPSA) is 45.8 Å². The highest BCUT2D eigenvalue weighted by Crippen LogP contribution is 2.23.